The molecule has 0 spiro atoms. The van der Waals surface area contributed by atoms with E-state index in [1.807, 2.05) is 0 Å². The molecular formula is C12H7BrClF2N3O. The summed E-state index contributed by atoms with van der Waals surface area (Å²) < 4.78 is 27.4. The standard InChI is InChI=1S/C12H7BrClF2N3O/c1-5-2-9(14)18-12(17-5)19-11(20)10-7(15)3-6(13)4-8(10)16/h2-4H,1H3,(H,17,18,19,20). The molecule has 0 aliphatic carbocycles. The number of halogens is 4. The third kappa shape index (κ3) is 3.29. The number of benzene rings is 1. The number of hydrogen-bond acceptors (Lipinski definition) is 3. The Hall–Kier alpha value is -1.60. The molecule has 8 heteroatoms. The molecule has 0 unspecified atom stereocenters. The second-order valence-corrected chi connectivity index (χ2v) is 5.16. The number of nitrogens with zero attached hydrogens (tertiary/aromatic N) is 2. The predicted molar refractivity (Wildman–Crippen MR) is 73.8 cm³/mol. The van der Waals surface area contributed by atoms with Crippen LogP contribution in [-0.4, -0.2) is 15.9 Å². The average molecular weight is 363 g/mol. The van der Waals surface area contributed by atoms with E-state index < -0.39 is 23.1 Å². The summed E-state index contributed by atoms with van der Waals surface area (Å²) in [5.74, 6) is -3.10. The van der Waals surface area contributed by atoms with Crippen molar-refractivity contribution in [1.29, 1.82) is 0 Å². The normalized spacial score (nSPS) is 10.4. The van der Waals surface area contributed by atoms with Gasteiger partial charge in [-0.15, -0.1) is 0 Å². The van der Waals surface area contributed by atoms with E-state index in [1.165, 1.54) is 6.07 Å². The third-order valence-corrected chi connectivity index (χ3v) is 2.93. The van der Waals surface area contributed by atoms with Crippen molar-refractivity contribution in [2.45, 2.75) is 6.92 Å². The van der Waals surface area contributed by atoms with E-state index in [0.717, 1.165) is 12.1 Å². The van der Waals surface area contributed by atoms with Gasteiger partial charge in [-0.1, -0.05) is 27.5 Å². The van der Waals surface area contributed by atoms with Crippen LogP contribution in [-0.2, 0) is 0 Å². The Morgan fingerprint density at radius 3 is 2.40 bits per heavy atom. The van der Waals surface area contributed by atoms with E-state index in [-0.39, 0.29) is 15.6 Å². The summed E-state index contributed by atoms with van der Waals surface area (Å²) in [6.07, 6.45) is 0. The van der Waals surface area contributed by atoms with E-state index in [4.69, 9.17) is 11.6 Å². The van der Waals surface area contributed by atoms with Gasteiger partial charge in [-0.25, -0.2) is 18.7 Å². The molecule has 4 nitrogen and oxygen atoms in total. The zero-order chi connectivity index (χ0) is 14.9. The Balaban J connectivity index is 2.33. The van der Waals surface area contributed by atoms with E-state index in [9.17, 15) is 13.6 Å². The molecule has 0 aliphatic rings. The SMILES string of the molecule is Cc1cc(Cl)nc(NC(=O)c2c(F)cc(Br)cc2F)n1. The first-order valence-electron chi connectivity index (χ1n) is 5.34. The van der Waals surface area contributed by atoms with Gasteiger partial charge in [-0.05, 0) is 25.1 Å². The molecule has 0 aliphatic heterocycles. The molecule has 0 bridgehead atoms. The molecule has 0 atom stereocenters. The van der Waals surface area contributed by atoms with Crippen molar-refractivity contribution in [3.05, 3.63) is 50.7 Å². The molecule has 104 valence electrons. The molecular weight excluding hydrogens is 356 g/mol. The van der Waals surface area contributed by atoms with E-state index in [1.54, 1.807) is 6.92 Å². The molecule has 20 heavy (non-hydrogen) atoms. The minimum atomic E-state index is -0.992. The number of hydrogen-bond donors (Lipinski definition) is 1. The smallest absolute Gasteiger partial charge is 0.263 e. The van der Waals surface area contributed by atoms with Gasteiger partial charge in [0.1, 0.15) is 22.4 Å². The highest BCUT2D eigenvalue weighted by molar-refractivity contribution is 9.10. The van der Waals surface area contributed by atoms with Crippen LogP contribution in [0.4, 0.5) is 14.7 Å². The van der Waals surface area contributed by atoms with Gasteiger partial charge in [-0.3, -0.25) is 10.1 Å². The largest absolute Gasteiger partial charge is 0.290 e. The van der Waals surface area contributed by atoms with Crippen LogP contribution >= 0.6 is 27.5 Å². The van der Waals surface area contributed by atoms with Crippen LogP contribution < -0.4 is 5.32 Å². The lowest BCUT2D eigenvalue weighted by Gasteiger charge is -2.07. The maximum Gasteiger partial charge on any atom is 0.263 e. The number of aromatic nitrogens is 2. The minimum absolute atomic E-state index is 0.115. The number of aryl methyl sites for hydroxylation is 1. The summed E-state index contributed by atoms with van der Waals surface area (Å²) in [6, 6.07) is 3.46. The number of amides is 1. The molecule has 0 fully saturated rings. The Kier molecular flexibility index (Phi) is 4.29. The monoisotopic (exact) mass is 361 g/mol. The summed E-state index contributed by atoms with van der Waals surface area (Å²) >= 11 is 8.63. The van der Waals surface area contributed by atoms with Gasteiger partial charge in [0.25, 0.3) is 5.91 Å². The molecule has 1 amide bonds. The lowest BCUT2D eigenvalue weighted by molar-refractivity contribution is 0.101. The van der Waals surface area contributed by atoms with Crippen molar-refractivity contribution < 1.29 is 13.6 Å². The van der Waals surface area contributed by atoms with Gasteiger partial charge in [0.05, 0.1) is 0 Å². The highest BCUT2D eigenvalue weighted by Gasteiger charge is 2.19. The number of rotatable bonds is 2. The Labute approximate surface area is 126 Å². The van der Waals surface area contributed by atoms with Gasteiger partial charge in [-0.2, -0.15) is 0 Å². The summed E-state index contributed by atoms with van der Waals surface area (Å²) in [5.41, 5.74) is -0.202. The minimum Gasteiger partial charge on any atom is -0.290 e. The number of anilines is 1. The first kappa shape index (κ1) is 14.8. The lowest BCUT2D eigenvalue weighted by atomic mass is 10.2. The van der Waals surface area contributed by atoms with Gasteiger partial charge < -0.3 is 0 Å². The summed E-state index contributed by atoms with van der Waals surface area (Å²) in [7, 11) is 0. The number of nitrogens with one attached hydrogen (secondary N) is 1. The fourth-order valence-corrected chi connectivity index (χ4v) is 2.15. The Bertz CT molecular complexity index is 653. The van der Waals surface area contributed by atoms with Crippen LogP contribution in [0.3, 0.4) is 0 Å². The van der Waals surface area contributed by atoms with Crippen LogP contribution in [0.15, 0.2) is 22.7 Å². The predicted octanol–water partition coefficient (Wildman–Crippen LogP) is 3.73. The van der Waals surface area contributed by atoms with Gasteiger partial charge in [0, 0.05) is 10.2 Å². The Morgan fingerprint density at radius 2 is 1.85 bits per heavy atom. The zero-order valence-electron chi connectivity index (χ0n) is 10.0. The molecule has 2 rings (SSSR count). The number of carbonyl (C=O) groups is 1. The average Bonchev–Trinajstić information content (AvgIpc) is 2.25. The zero-order valence-corrected chi connectivity index (χ0v) is 12.4. The van der Waals surface area contributed by atoms with E-state index in [0.29, 0.717) is 5.69 Å². The quantitative estimate of drug-likeness (QED) is 0.828. The van der Waals surface area contributed by atoms with Crippen molar-refractivity contribution in [3.8, 4) is 0 Å². The maximum atomic E-state index is 13.6. The molecule has 1 aromatic heterocycles. The molecule has 0 radical (unpaired) electrons. The van der Waals surface area contributed by atoms with Crippen molar-refractivity contribution in [3.63, 3.8) is 0 Å². The van der Waals surface area contributed by atoms with Crippen LogP contribution in [0.25, 0.3) is 0 Å². The maximum absolute atomic E-state index is 13.6. The van der Waals surface area contributed by atoms with Gasteiger partial charge in [0.2, 0.25) is 5.95 Å². The van der Waals surface area contributed by atoms with Gasteiger partial charge >= 0.3 is 0 Å². The second-order valence-electron chi connectivity index (χ2n) is 3.85. The van der Waals surface area contributed by atoms with Crippen LogP contribution in [0, 0.1) is 18.6 Å². The van der Waals surface area contributed by atoms with Crippen molar-refractivity contribution in [2.75, 3.05) is 5.32 Å². The molecule has 0 saturated carbocycles. The fraction of sp³-hybridized carbons (Fsp3) is 0.0833. The highest BCUT2D eigenvalue weighted by Crippen LogP contribution is 2.20. The summed E-state index contributed by atoms with van der Waals surface area (Å²) in [4.78, 5) is 19.5. The second kappa shape index (κ2) is 5.80. The summed E-state index contributed by atoms with van der Waals surface area (Å²) in [6.45, 7) is 1.64. The third-order valence-electron chi connectivity index (χ3n) is 2.28. The van der Waals surface area contributed by atoms with Gasteiger partial charge in [0.15, 0.2) is 0 Å². The molecule has 1 N–H and O–H groups in total. The lowest BCUT2D eigenvalue weighted by Crippen LogP contribution is -2.18. The van der Waals surface area contributed by atoms with Crippen molar-refractivity contribution >= 4 is 39.4 Å². The topological polar surface area (TPSA) is 54.9 Å². The number of carbonyl (C=O) groups excluding carboxylic acids is 1. The molecule has 0 saturated heterocycles. The van der Waals surface area contributed by atoms with Crippen LogP contribution in [0.2, 0.25) is 5.15 Å². The fourth-order valence-electron chi connectivity index (χ4n) is 1.51. The first-order chi connectivity index (χ1) is 9.36. The van der Waals surface area contributed by atoms with Crippen molar-refractivity contribution in [1.82, 2.24) is 9.97 Å². The van der Waals surface area contributed by atoms with E-state index >= 15 is 0 Å². The highest BCUT2D eigenvalue weighted by atomic mass is 79.9. The van der Waals surface area contributed by atoms with E-state index in [2.05, 4.69) is 31.2 Å². The summed E-state index contributed by atoms with van der Waals surface area (Å²) in [5, 5.41) is 2.32. The van der Waals surface area contributed by atoms with Crippen LogP contribution in [0.1, 0.15) is 16.1 Å². The van der Waals surface area contributed by atoms with Crippen LogP contribution in [0.5, 0.6) is 0 Å². The molecule has 1 aromatic carbocycles. The van der Waals surface area contributed by atoms with Crippen molar-refractivity contribution in [2.24, 2.45) is 0 Å². The molecule has 2 aromatic rings. The first-order valence-corrected chi connectivity index (χ1v) is 6.51. The Morgan fingerprint density at radius 1 is 1.25 bits per heavy atom. The molecule has 1 heterocycles.